The maximum Gasteiger partial charge on any atom is 0.0387 e. The highest BCUT2D eigenvalue weighted by Crippen LogP contribution is 2.32. The number of allylic oxidation sites excluding steroid dienone is 1. The Bertz CT molecular complexity index is 1360. The molecule has 0 aromatic heterocycles. The van der Waals surface area contributed by atoms with Crippen molar-refractivity contribution in [1.29, 1.82) is 0 Å². The Kier molecular flexibility index (Phi) is 6.33. The normalized spacial score (nSPS) is 11.2. The molecule has 0 bridgehead atoms. The number of fused-ring (bicyclic) bond motifs is 5. The third-order valence-corrected chi connectivity index (χ3v) is 5.44. The van der Waals surface area contributed by atoms with Crippen molar-refractivity contribution < 1.29 is 0 Å². The third kappa shape index (κ3) is 4.46. The van der Waals surface area contributed by atoms with Crippen LogP contribution in [0.4, 0.5) is 5.69 Å². The van der Waals surface area contributed by atoms with E-state index in [1.165, 1.54) is 44.3 Å². The zero-order chi connectivity index (χ0) is 21.6. The lowest BCUT2D eigenvalue weighted by Gasteiger charge is -2.09. The Morgan fingerprint density at radius 1 is 0.677 bits per heavy atom. The van der Waals surface area contributed by atoms with Crippen LogP contribution in [0.5, 0.6) is 0 Å². The van der Waals surface area contributed by atoms with Crippen molar-refractivity contribution in [3.63, 3.8) is 0 Å². The van der Waals surface area contributed by atoms with E-state index in [9.17, 15) is 0 Å². The molecule has 1 nitrogen and oxygen atoms in total. The summed E-state index contributed by atoms with van der Waals surface area (Å²) in [6, 6.07) is 32.3. The highest BCUT2D eigenvalue weighted by molar-refractivity contribution is 6.20. The summed E-state index contributed by atoms with van der Waals surface area (Å²) in [6.07, 6.45) is 6.43. The molecule has 31 heavy (non-hydrogen) atoms. The Balaban J connectivity index is 0.000000730. The van der Waals surface area contributed by atoms with Crippen LogP contribution in [0, 0.1) is 0 Å². The summed E-state index contributed by atoms with van der Waals surface area (Å²) in [5.41, 5.74) is 9.21. The maximum atomic E-state index is 6.02. The second-order valence-electron chi connectivity index (χ2n) is 7.95. The Morgan fingerprint density at radius 2 is 1.32 bits per heavy atom. The minimum atomic E-state index is 0.815. The first-order valence-corrected chi connectivity index (χ1v) is 11.1. The van der Waals surface area contributed by atoms with Crippen LogP contribution in [-0.2, 0) is 6.42 Å². The van der Waals surface area contributed by atoms with E-state index in [0.29, 0.717) is 0 Å². The predicted octanol–water partition coefficient (Wildman–Crippen LogP) is 8.40. The smallest absolute Gasteiger partial charge is 0.0387 e. The maximum absolute atomic E-state index is 6.02. The molecule has 0 fully saturated rings. The second kappa shape index (κ2) is 9.49. The van der Waals surface area contributed by atoms with Crippen molar-refractivity contribution >= 4 is 44.1 Å². The van der Waals surface area contributed by atoms with E-state index in [0.717, 1.165) is 17.7 Å². The Morgan fingerprint density at radius 3 is 2.13 bits per heavy atom. The molecular weight excluding hydrogens is 374 g/mol. The lowest BCUT2D eigenvalue weighted by Crippen LogP contribution is -1.88. The summed E-state index contributed by atoms with van der Waals surface area (Å²) in [5.74, 6) is 0. The summed E-state index contributed by atoms with van der Waals surface area (Å²) in [5, 5.41) is 7.84. The lowest BCUT2D eigenvalue weighted by atomic mass is 9.95. The fraction of sp³-hybridized carbons (Fsp3) is 0.133. The largest absolute Gasteiger partial charge is 0.398 e. The molecule has 0 heterocycles. The standard InChI is InChI=1S/C27H21N.C3H8/c28-26-11-4-2-8-21(26)9-5-6-19-12-17-25-23(18-19)16-15-22-14-13-20-7-1-3-10-24(20)27(22)25;1-3-2/h1-5,7-18H,6,28H2;3H2,1-2H3/b9-5-;. The summed E-state index contributed by atoms with van der Waals surface area (Å²) in [4.78, 5) is 0. The molecule has 0 aliphatic heterocycles. The fourth-order valence-electron chi connectivity index (χ4n) is 4.00. The first-order chi connectivity index (χ1) is 15.2. The highest BCUT2D eigenvalue weighted by Gasteiger charge is 2.05. The average Bonchev–Trinajstić information content (AvgIpc) is 2.80. The van der Waals surface area contributed by atoms with Crippen LogP contribution in [0.25, 0.3) is 38.4 Å². The van der Waals surface area contributed by atoms with Gasteiger partial charge in [-0.3, -0.25) is 0 Å². The molecule has 0 aliphatic carbocycles. The van der Waals surface area contributed by atoms with Gasteiger partial charge in [-0.05, 0) is 55.9 Å². The van der Waals surface area contributed by atoms with E-state index in [1.54, 1.807) is 0 Å². The second-order valence-corrected chi connectivity index (χ2v) is 7.95. The highest BCUT2D eigenvalue weighted by atomic mass is 14.5. The van der Waals surface area contributed by atoms with Gasteiger partial charge in [-0.25, -0.2) is 0 Å². The van der Waals surface area contributed by atoms with Crippen LogP contribution in [0.3, 0.4) is 0 Å². The molecule has 0 saturated heterocycles. The molecule has 2 N–H and O–H groups in total. The monoisotopic (exact) mass is 403 g/mol. The molecule has 0 radical (unpaired) electrons. The number of rotatable bonds is 3. The van der Waals surface area contributed by atoms with Crippen molar-refractivity contribution in [1.82, 2.24) is 0 Å². The molecule has 0 aliphatic rings. The minimum absolute atomic E-state index is 0.815. The van der Waals surface area contributed by atoms with E-state index in [-0.39, 0.29) is 0 Å². The summed E-state index contributed by atoms with van der Waals surface area (Å²) in [7, 11) is 0. The van der Waals surface area contributed by atoms with Crippen molar-refractivity contribution in [2.45, 2.75) is 26.7 Å². The van der Waals surface area contributed by atoms with Gasteiger partial charge in [0.05, 0.1) is 0 Å². The van der Waals surface area contributed by atoms with Gasteiger partial charge in [0.1, 0.15) is 0 Å². The first kappa shape index (κ1) is 20.7. The van der Waals surface area contributed by atoms with Gasteiger partial charge < -0.3 is 5.73 Å². The number of hydrogen-bond acceptors (Lipinski definition) is 1. The average molecular weight is 404 g/mol. The van der Waals surface area contributed by atoms with E-state index in [4.69, 9.17) is 5.73 Å². The zero-order valence-corrected chi connectivity index (χ0v) is 18.3. The van der Waals surface area contributed by atoms with Gasteiger partial charge in [-0.2, -0.15) is 0 Å². The Labute approximate surface area is 184 Å². The molecule has 0 amide bonds. The SMILES string of the molecule is CCC.Nc1ccccc1/C=C\Cc1ccc2c(ccc3ccc4ccccc4c32)c1. The van der Waals surface area contributed by atoms with Crippen LogP contribution in [0.15, 0.2) is 97.1 Å². The topological polar surface area (TPSA) is 26.0 Å². The summed E-state index contributed by atoms with van der Waals surface area (Å²) in [6.45, 7) is 4.25. The van der Waals surface area contributed by atoms with Crippen molar-refractivity contribution in [2.24, 2.45) is 0 Å². The van der Waals surface area contributed by atoms with E-state index in [1.807, 2.05) is 24.3 Å². The molecule has 5 rings (SSSR count). The van der Waals surface area contributed by atoms with Crippen LogP contribution in [0.1, 0.15) is 31.4 Å². The van der Waals surface area contributed by atoms with E-state index < -0.39 is 0 Å². The van der Waals surface area contributed by atoms with Gasteiger partial charge in [-0.1, -0.05) is 117 Å². The van der Waals surface area contributed by atoms with Gasteiger partial charge in [0.15, 0.2) is 0 Å². The molecule has 154 valence electrons. The van der Waals surface area contributed by atoms with E-state index >= 15 is 0 Å². The lowest BCUT2D eigenvalue weighted by molar-refractivity contribution is 1.09. The van der Waals surface area contributed by atoms with Crippen molar-refractivity contribution in [3.8, 4) is 0 Å². The summed E-state index contributed by atoms with van der Waals surface area (Å²) >= 11 is 0. The van der Waals surface area contributed by atoms with Crippen molar-refractivity contribution in [2.75, 3.05) is 5.73 Å². The first-order valence-electron chi connectivity index (χ1n) is 11.1. The van der Waals surface area contributed by atoms with Crippen LogP contribution < -0.4 is 5.73 Å². The van der Waals surface area contributed by atoms with Crippen LogP contribution in [-0.4, -0.2) is 0 Å². The van der Waals surface area contributed by atoms with Gasteiger partial charge in [-0.15, -0.1) is 0 Å². The van der Waals surface area contributed by atoms with Gasteiger partial charge in [0.25, 0.3) is 0 Å². The number of nitrogens with two attached hydrogens (primary N) is 1. The number of benzene rings is 5. The minimum Gasteiger partial charge on any atom is -0.398 e. The third-order valence-electron chi connectivity index (χ3n) is 5.44. The molecule has 0 saturated carbocycles. The van der Waals surface area contributed by atoms with Gasteiger partial charge in [0.2, 0.25) is 0 Å². The molecule has 5 aromatic carbocycles. The van der Waals surface area contributed by atoms with Crippen LogP contribution in [0.2, 0.25) is 0 Å². The number of nitrogen functional groups attached to an aromatic ring is 1. The predicted molar refractivity (Wildman–Crippen MR) is 139 cm³/mol. The molecular formula is C30H29N. The quantitative estimate of drug-likeness (QED) is 0.237. The molecule has 1 heteroatoms. The van der Waals surface area contributed by atoms with Gasteiger partial charge in [0, 0.05) is 5.69 Å². The van der Waals surface area contributed by atoms with E-state index in [2.05, 4.69) is 92.7 Å². The number of anilines is 1. The fourth-order valence-corrected chi connectivity index (χ4v) is 4.00. The number of para-hydroxylation sites is 1. The van der Waals surface area contributed by atoms with Gasteiger partial charge >= 0.3 is 0 Å². The molecule has 0 unspecified atom stereocenters. The van der Waals surface area contributed by atoms with Crippen molar-refractivity contribution in [3.05, 3.63) is 108 Å². The summed E-state index contributed by atoms with van der Waals surface area (Å²) < 4.78 is 0. The number of hydrogen-bond donors (Lipinski definition) is 1. The molecule has 5 aromatic rings. The Hall–Kier alpha value is -3.58. The zero-order valence-electron chi connectivity index (χ0n) is 18.3. The van der Waals surface area contributed by atoms with Crippen LogP contribution >= 0.6 is 0 Å². The molecule has 0 spiro atoms. The molecule has 0 atom stereocenters.